The molecule has 0 aliphatic carbocycles. The number of nitrogens with one attached hydrogen (secondary N) is 1. The first-order valence-electron chi connectivity index (χ1n) is 8.60. The number of nitrogens with zero attached hydrogens (tertiary/aromatic N) is 5. The zero-order valence-electron chi connectivity index (χ0n) is 14.9. The van der Waals surface area contributed by atoms with Crippen molar-refractivity contribution in [2.75, 3.05) is 26.2 Å². The van der Waals surface area contributed by atoms with Crippen molar-refractivity contribution < 1.29 is 9.53 Å². The predicted octanol–water partition coefficient (Wildman–Crippen LogP) is 0.879. The van der Waals surface area contributed by atoms with Crippen LogP contribution in [0.2, 0.25) is 0 Å². The maximum atomic E-state index is 12.4. The molecule has 0 aromatic carbocycles. The molecule has 136 valence electrons. The van der Waals surface area contributed by atoms with E-state index in [1.165, 1.54) is 12.3 Å². The zero-order valence-corrected chi connectivity index (χ0v) is 14.9. The molecule has 1 amide bonds. The van der Waals surface area contributed by atoms with Gasteiger partial charge in [-0.2, -0.15) is 5.26 Å². The number of carbonyl (C=O) groups is 1. The van der Waals surface area contributed by atoms with Gasteiger partial charge in [-0.25, -0.2) is 9.97 Å². The Labute approximate surface area is 152 Å². The van der Waals surface area contributed by atoms with Crippen LogP contribution in [-0.2, 0) is 11.8 Å². The van der Waals surface area contributed by atoms with Crippen LogP contribution in [0.1, 0.15) is 34.7 Å². The van der Waals surface area contributed by atoms with Crippen molar-refractivity contribution in [1.82, 2.24) is 24.8 Å². The van der Waals surface area contributed by atoms with Crippen LogP contribution < -0.4 is 5.32 Å². The maximum absolute atomic E-state index is 12.4. The summed E-state index contributed by atoms with van der Waals surface area (Å²) in [4.78, 5) is 22.9. The van der Waals surface area contributed by atoms with Crippen LogP contribution in [0.4, 0.5) is 0 Å². The minimum absolute atomic E-state index is 0.0284. The van der Waals surface area contributed by atoms with E-state index in [0.29, 0.717) is 18.7 Å². The number of hydrogen-bond acceptors (Lipinski definition) is 6. The standard InChI is InChI=1S/C18H22N6O2/c1-3-24-6-7-26-16(17(24)15-10-20-12-23(15)2)11-22-18(25)13-4-5-14(8-19)21-9-13/h4-5,9-10,12,16-17H,3,6-7,11H2,1-2H3,(H,22,25)/t16-,17-/m0/s1. The first kappa shape index (κ1) is 18.0. The topological polar surface area (TPSA) is 96.1 Å². The highest BCUT2D eigenvalue weighted by molar-refractivity contribution is 5.93. The van der Waals surface area contributed by atoms with Crippen molar-refractivity contribution in [1.29, 1.82) is 5.26 Å². The summed E-state index contributed by atoms with van der Waals surface area (Å²) >= 11 is 0. The fourth-order valence-corrected chi connectivity index (χ4v) is 3.23. The van der Waals surface area contributed by atoms with Crippen molar-refractivity contribution >= 4 is 5.91 Å². The third kappa shape index (κ3) is 3.74. The van der Waals surface area contributed by atoms with E-state index in [0.717, 1.165) is 18.8 Å². The number of morpholine rings is 1. The molecule has 8 heteroatoms. The molecule has 2 atom stereocenters. The summed E-state index contributed by atoms with van der Waals surface area (Å²) in [6, 6.07) is 5.09. The fraction of sp³-hybridized carbons (Fsp3) is 0.444. The van der Waals surface area contributed by atoms with Gasteiger partial charge in [0, 0.05) is 32.5 Å². The molecule has 1 N–H and O–H groups in total. The van der Waals surface area contributed by atoms with E-state index in [2.05, 4.69) is 27.1 Å². The molecule has 0 radical (unpaired) electrons. The van der Waals surface area contributed by atoms with E-state index >= 15 is 0 Å². The third-order valence-corrected chi connectivity index (χ3v) is 4.62. The summed E-state index contributed by atoms with van der Waals surface area (Å²) in [6.45, 7) is 4.86. The molecule has 1 fully saturated rings. The SMILES string of the molecule is CCN1CCO[C@@H](CNC(=O)c2ccc(C#N)nc2)[C@@H]1c1cncn1C. The quantitative estimate of drug-likeness (QED) is 0.856. The molecular formula is C18H22N6O2. The lowest BCUT2D eigenvalue weighted by molar-refractivity contribution is -0.0706. The number of nitriles is 1. The van der Waals surface area contributed by atoms with E-state index in [1.807, 2.05) is 23.9 Å². The maximum Gasteiger partial charge on any atom is 0.252 e. The van der Waals surface area contributed by atoms with E-state index in [4.69, 9.17) is 10.00 Å². The van der Waals surface area contributed by atoms with Crippen LogP contribution in [-0.4, -0.2) is 57.7 Å². The lowest BCUT2D eigenvalue weighted by atomic mass is 10.0. The molecule has 3 heterocycles. The van der Waals surface area contributed by atoms with Gasteiger partial charge in [0.25, 0.3) is 5.91 Å². The lowest BCUT2D eigenvalue weighted by Gasteiger charge is -2.40. The first-order chi connectivity index (χ1) is 12.6. The fourth-order valence-electron chi connectivity index (χ4n) is 3.23. The highest BCUT2D eigenvalue weighted by atomic mass is 16.5. The zero-order chi connectivity index (χ0) is 18.5. The predicted molar refractivity (Wildman–Crippen MR) is 94.2 cm³/mol. The van der Waals surface area contributed by atoms with Crippen molar-refractivity contribution in [2.24, 2.45) is 7.05 Å². The van der Waals surface area contributed by atoms with Crippen LogP contribution in [0, 0.1) is 11.3 Å². The normalized spacial score (nSPS) is 20.5. The largest absolute Gasteiger partial charge is 0.373 e. The van der Waals surface area contributed by atoms with Gasteiger partial charge in [0.15, 0.2) is 0 Å². The van der Waals surface area contributed by atoms with Crippen molar-refractivity contribution in [3.8, 4) is 6.07 Å². The number of hydrogen-bond donors (Lipinski definition) is 1. The average Bonchev–Trinajstić information content (AvgIpc) is 3.11. The summed E-state index contributed by atoms with van der Waals surface area (Å²) in [6.07, 6.45) is 4.86. The summed E-state index contributed by atoms with van der Waals surface area (Å²) in [5, 5.41) is 11.7. The highest BCUT2D eigenvalue weighted by Crippen LogP contribution is 2.28. The Bertz CT molecular complexity index is 795. The molecule has 3 rings (SSSR count). The number of carbonyl (C=O) groups excluding carboxylic acids is 1. The monoisotopic (exact) mass is 354 g/mol. The second-order valence-corrected chi connectivity index (χ2v) is 6.17. The number of pyridine rings is 1. The van der Waals surface area contributed by atoms with Gasteiger partial charge in [-0.1, -0.05) is 6.92 Å². The molecule has 0 spiro atoms. The van der Waals surface area contributed by atoms with Gasteiger partial charge >= 0.3 is 0 Å². The van der Waals surface area contributed by atoms with Gasteiger partial charge in [0.2, 0.25) is 0 Å². The molecular weight excluding hydrogens is 332 g/mol. The average molecular weight is 354 g/mol. The summed E-state index contributed by atoms with van der Waals surface area (Å²) < 4.78 is 7.96. The van der Waals surface area contributed by atoms with Crippen LogP contribution in [0.15, 0.2) is 30.9 Å². The Kier molecular flexibility index (Phi) is 5.61. The van der Waals surface area contributed by atoms with Gasteiger partial charge < -0.3 is 14.6 Å². The number of likely N-dealkylation sites (N-methyl/N-ethyl adjacent to an activating group) is 1. The number of aromatic nitrogens is 3. The van der Waals surface area contributed by atoms with Gasteiger partial charge in [-0.3, -0.25) is 9.69 Å². The number of imidazole rings is 1. The van der Waals surface area contributed by atoms with Gasteiger partial charge in [0.1, 0.15) is 11.8 Å². The summed E-state index contributed by atoms with van der Waals surface area (Å²) in [7, 11) is 1.96. The second kappa shape index (κ2) is 8.08. The molecule has 1 saturated heterocycles. The Hall–Kier alpha value is -2.76. The van der Waals surface area contributed by atoms with Crippen LogP contribution in [0.25, 0.3) is 0 Å². The number of aryl methyl sites for hydroxylation is 1. The van der Waals surface area contributed by atoms with Crippen LogP contribution >= 0.6 is 0 Å². The van der Waals surface area contributed by atoms with Crippen LogP contribution in [0.3, 0.4) is 0 Å². The molecule has 0 unspecified atom stereocenters. The Morgan fingerprint density at radius 2 is 2.31 bits per heavy atom. The summed E-state index contributed by atoms with van der Waals surface area (Å²) in [5.74, 6) is -0.233. The Balaban J connectivity index is 1.71. The molecule has 0 bridgehead atoms. The molecule has 1 aliphatic rings. The van der Waals surface area contributed by atoms with E-state index in [1.54, 1.807) is 12.4 Å². The lowest BCUT2D eigenvalue weighted by Crippen LogP contribution is -2.50. The highest BCUT2D eigenvalue weighted by Gasteiger charge is 2.34. The molecule has 2 aromatic rings. The smallest absolute Gasteiger partial charge is 0.252 e. The minimum atomic E-state index is -0.233. The van der Waals surface area contributed by atoms with Gasteiger partial charge in [-0.05, 0) is 18.7 Å². The molecule has 1 aliphatic heterocycles. The number of ether oxygens (including phenoxy) is 1. The Morgan fingerprint density at radius 1 is 1.46 bits per heavy atom. The van der Waals surface area contributed by atoms with Crippen molar-refractivity contribution in [3.63, 3.8) is 0 Å². The molecule has 26 heavy (non-hydrogen) atoms. The summed E-state index contributed by atoms with van der Waals surface area (Å²) in [5.41, 5.74) is 1.77. The van der Waals surface area contributed by atoms with E-state index in [-0.39, 0.29) is 23.7 Å². The van der Waals surface area contributed by atoms with Crippen molar-refractivity contribution in [3.05, 3.63) is 47.8 Å². The van der Waals surface area contributed by atoms with Crippen molar-refractivity contribution in [2.45, 2.75) is 19.1 Å². The second-order valence-electron chi connectivity index (χ2n) is 6.17. The minimum Gasteiger partial charge on any atom is -0.373 e. The molecule has 2 aromatic heterocycles. The van der Waals surface area contributed by atoms with Gasteiger partial charge in [-0.15, -0.1) is 0 Å². The first-order valence-corrected chi connectivity index (χ1v) is 8.60. The van der Waals surface area contributed by atoms with E-state index < -0.39 is 0 Å². The molecule has 0 saturated carbocycles. The third-order valence-electron chi connectivity index (χ3n) is 4.62. The number of amides is 1. The molecule has 8 nitrogen and oxygen atoms in total. The Morgan fingerprint density at radius 3 is 2.92 bits per heavy atom. The van der Waals surface area contributed by atoms with E-state index in [9.17, 15) is 4.79 Å². The number of rotatable bonds is 5. The van der Waals surface area contributed by atoms with Gasteiger partial charge in [0.05, 0.1) is 36.3 Å². The van der Waals surface area contributed by atoms with Crippen LogP contribution in [0.5, 0.6) is 0 Å².